The number of alkyl halides is 6. The molecule has 0 saturated carbocycles. The van der Waals surface area contributed by atoms with Crippen molar-refractivity contribution in [1.29, 1.82) is 0 Å². The molecule has 3 N–H and O–H groups in total. The zero-order valence-electron chi connectivity index (χ0n) is 23.6. The lowest BCUT2D eigenvalue weighted by atomic mass is 9.99. The number of anilines is 1. The number of nitrogens with zero attached hydrogens (tertiary/aromatic N) is 6. The Labute approximate surface area is 242 Å². The number of aryl methyl sites for hydroxylation is 1. The van der Waals surface area contributed by atoms with Crippen LogP contribution in [-0.4, -0.2) is 97.5 Å². The molecular weight excluding hydrogens is 592 g/mol. The van der Waals surface area contributed by atoms with Gasteiger partial charge in [0.15, 0.2) is 0 Å². The Morgan fingerprint density at radius 1 is 1.05 bits per heavy atom. The minimum absolute atomic E-state index is 0.0963. The Bertz CT molecular complexity index is 1210. The Morgan fingerprint density at radius 3 is 2.09 bits per heavy atom. The van der Waals surface area contributed by atoms with E-state index in [1.54, 1.807) is 0 Å². The van der Waals surface area contributed by atoms with E-state index in [1.165, 1.54) is 5.69 Å². The van der Waals surface area contributed by atoms with Gasteiger partial charge in [0, 0.05) is 50.3 Å². The van der Waals surface area contributed by atoms with Crippen LogP contribution >= 0.6 is 0 Å². The van der Waals surface area contributed by atoms with Gasteiger partial charge in [0.25, 0.3) is 0 Å². The van der Waals surface area contributed by atoms with Crippen LogP contribution in [0.1, 0.15) is 44.1 Å². The van der Waals surface area contributed by atoms with Crippen molar-refractivity contribution in [3.63, 3.8) is 0 Å². The topological polar surface area (TPSA) is 154 Å². The number of amides is 1. The molecule has 0 spiro atoms. The number of carboxylic acid groups (broad SMARTS) is 2. The summed E-state index contributed by atoms with van der Waals surface area (Å²) in [5.41, 5.74) is 3.24. The summed E-state index contributed by atoms with van der Waals surface area (Å²) in [6.45, 7) is 10.5. The summed E-state index contributed by atoms with van der Waals surface area (Å²) in [5, 5.41) is 26.1. The zero-order valence-corrected chi connectivity index (χ0v) is 23.6. The SMILES string of the molecule is Cc1cc(N2CCC(n3cc(CN4CCNC(=O)C4C(C)C)nn3)CC2)ccn1.O=C(O)C(F)(F)F.O=C(O)C(F)(F)F. The number of hydrogen-bond acceptors (Lipinski definition) is 8. The number of nitrogens with one attached hydrogen (secondary N) is 1. The van der Waals surface area contributed by atoms with Gasteiger partial charge in [0.05, 0.1) is 24.0 Å². The van der Waals surface area contributed by atoms with E-state index in [0.717, 1.165) is 43.9 Å². The molecule has 2 fully saturated rings. The van der Waals surface area contributed by atoms with E-state index in [4.69, 9.17) is 19.8 Å². The van der Waals surface area contributed by atoms with Gasteiger partial charge in [0.2, 0.25) is 5.91 Å². The van der Waals surface area contributed by atoms with Crippen LogP contribution < -0.4 is 10.2 Å². The van der Waals surface area contributed by atoms with Gasteiger partial charge < -0.3 is 20.4 Å². The number of rotatable bonds is 5. The van der Waals surface area contributed by atoms with Crippen molar-refractivity contribution in [3.8, 4) is 0 Å². The molecule has 18 heteroatoms. The fraction of sp³-hybridized carbons (Fsp3) is 0.600. The molecule has 2 saturated heterocycles. The maximum Gasteiger partial charge on any atom is 0.490 e. The second kappa shape index (κ2) is 15.0. The van der Waals surface area contributed by atoms with Crippen LogP contribution in [0, 0.1) is 12.8 Å². The van der Waals surface area contributed by atoms with E-state index >= 15 is 0 Å². The average molecular weight is 626 g/mol. The molecule has 1 atom stereocenters. The predicted octanol–water partition coefficient (Wildman–Crippen LogP) is 3.05. The highest BCUT2D eigenvalue weighted by atomic mass is 19.4. The summed E-state index contributed by atoms with van der Waals surface area (Å²) in [7, 11) is 0. The molecule has 240 valence electrons. The summed E-state index contributed by atoms with van der Waals surface area (Å²) < 4.78 is 65.5. The monoisotopic (exact) mass is 625 g/mol. The molecule has 2 aromatic rings. The van der Waals surface area contributed by atoms with Crippen LogP contribution in [0.25, 0.3) is 0 Å². The zero-order chi connectivity index (χ0) is 32.5. The fourth-order valence-corrected chi connectivity index (χ4v) is 4.52. The van der Waals surface area contributed by atoms with Crippen LogP contribution in [0.3, 0.4) is 0 Å². The van der Waals surface area contributed by atoms with Crippen molar-refractivity contribution in [2.75, 3.05) is 31.1 Å². The Hall–Kier alpha value is -3.96. The van der Waals surface area contributed by atoms with Gasteiger partial charge in [-0.05, 0) is 37.8 Å². The Morgan fingerprint density at radius 2 is 1.60 bits per heavy atom. The molecule has 2 aliphatic rings. The summed E-state index contributed by atoms with van der Waals surface area (Å²) in [4.78, 5) is 39.0. The van der Waals surface area contributed by atoms with Crippen LogP contribution in [0.4, 0.5) is 32.0 Å². The van der Waals surface area contributed by atoms with Crippen molar-refractivity contribution in [1.82, 2.24) is 30.2 Å². The maximum atomic E-state index is 12.3. The molecule has 1 unspecified atom stereocenters. The summed E-state index contributed by atoms with van der Waals surface area (Å²) in [6.07, 6.45) is -4.12. The van der Waals surface area contributed by atoms with Gasteiger partial charge in [-0.15, -0.1) is 5.10 Å². The number of pyridine rings is 1. The van der Waals surface area contributed by atoms with Gasteiger partial charge in [-0.1, -0.05) is 19.1 Å². The number of aromatic nitrogens is 4. The molecule has 0 aliphatic carbocycles. The van der Waals surface area contributed by atoms with Gasteiger partial charge in [0.1, 0.15) is 0 Å². The first-order chi connectivity index (χ1) is 19.9. The van der Waals surface area contributed by atoms with Crippen molar-refractivity contribution in [2.24, 2.45) is 5.92 Å². The third-order valence-electron chi connectivity index (χ3n) is 6.48. The number of carbonyl (C=O) groups is 3. The fourth-order valence-electron chi connectivity index (χ4n) is 4.52. The number of hydrogen-bond donors (Lipinski definition) is 3. The molecular formula is C25H33F6N7O5. The Kier molecular flexibility index (Phi) is 12.3. The molecule has 4 rings (SSSR count). The molecule has 0 aromatic carbocycles. The van der Waals surface area contributed by atoms with Gasteiger partial charge >= 0.3 is 24.3 Å². The summed E-state index contributed by atoms with van der Waals surface area (Å²) >= 11 is 0. The first kappa shape index (κ1) is 35.2. The van der Waals surface area contributed by atoms with Crippen molar-refractivity contribution in [2.45, 2.75) is 64.6 Å². The number of carbonyl (C=O) groups excluding carboxylic acids is 1. The quantitative estimate of drug-likeness (QED) is 0.423. The number of halogens is 6. The number of aliphatic carboxylic acids is 2. The lowest BCUT2D eigenvalue weighted by molar-refractivity contribution is -0.193. The number of piperidine rings is 1. The lowest BCUT2D eigenvalue weighted by Gasteiger charge is -2.36. The van der Waals surface area contributed by atoms with E-state index in [9.17, 15) is 31.1 Å². The molecule has 0 radical (unpaired) electrons. The van der Waals surface area contributed by atoms with E-state index in [0.29, 0.717) is 19.1 Å². The van der Waals surface area contributed by atoms with Gasteiger partial charge in [-0.25, -0.2) is 14.3 Å². The highest BCUT2D eigenvalue weighted by Gasteiger charge is 2.39. The lowest BCUT2D eigenvalue weighted by Crippen LogP contribution is -2.56. The van der Waals surface area contributed by atoms with Crippen molar-refractivity contribution in [3.05, 3.63) is 35.9 Å². The highest BCUT2D eigenvalue weighted by Crippen LogP contribution is 2.26. The average Bonchev–Trinajstić information content (AvgIpc) is 3.37. The molecule has 1 amide bonds. The van der Waals surface area contributed by atoms with Gasteiger partial charge in [-0.2, -0.15) is 26.3 Å². The van der Waals surface area contributed by atoms with Crippen LogP contribution in [0.2, 0.25) is 0 Å². The molecule has 12 nitrogen and oxygen atoms in total. The molecule has 4 heterocycles. The second-order valence-corrected chi connectivity index (χ2v) is 10.1. The predicted molar refractivity (Wildman–Crippen MR) is 139 cm³/mol. The van der Waals surface area contributed by atoms with Crippen LogP contribution in [0.15, 0.2) is 24.5 Å². The number of carboxylic acids is 2. The third kappa shape index (κ3) is 11.0. The van der Waals surface area contributed by atoms with E-state index < -0.39 is 24.3 Å². The van der Waals surface area contributed by atoms with Crippen molar-refractivity contribution >= 4 is 23.5 Å². The molecule has 2 aromatic heterocycles. The standard InChI is InChI=1S/C21H31N7O.2C2HF3O2/c1-15(2)20-21(29)23-8-11-27(20)13-17-14-28(25-24-17)18-5-9-26(10-6-18)19-4-7-22-16(3)12-19;2*3-2(4,5)1(6)7/h4,7,12,14-15,18,20H,5-6,8-11,13H2,1-3H3,(H,23,29);2*(H,6,7). The third-order valence-corrected chi connectivity index (χ3v) is 6.48. The molecule has 0 bridgehead atoms. The summed E-state index contributed by atoms with van der Waals surface area (Å²) in [5.74, 6) is -5.12. The van der Waals surface area contributed by atoms with E-state index in [2.05, 4.69) is 62.6 Å². The maximum absolute atomic E-state index is 12.3. The van der Waals surface area contributed by atoms with Gasteiger partial charge in [-0.3, -0.25) is 14.7 Å². The molecule has 2 aliphatic heterocycles. The van der Waals surface area contributed by atoms with E-state index in [-0.39, 0.29) is 17.9 Å². The highest BCUT2D eigenvalue weighted by molar-refractivity contribution is 5.82. The minimum Gasteiger partial charge on any atom is -0.475 e. The molecule has 43 heavy (non-hydrogen) atoms. The first-order valence-electron chi connectivity index (χ1n) is 13.1. The first-order valence-corrected chi connectivity index (χ1v) is 13.1. The van der Waals surface area contributed by atoms with Crippen molar-refractivity contribution < 1.29 is 50.9 Å². The largest absolute Gasteiger partial charge is 0.490 e. The summed E-state index contributed by atoms with van der Waals surface area (Å²) in [6, 6.07) is 4.51. The van der Waals surface area contributed by atoms with Crippen LogP contribution in [-0.2, 0) is 20.9 Å². The van der Waals surface area contributed by atoms with Crippen LogP contribution in [0.5, 0.6) is 0 Å². The second-order valence-electron chi connectivity index (χ2n) is 10.1. The smallest absolute Gasteiger partial charge is 0.475 e. The minimum atomic E-state index is -5.08. The number of piperazine rings is 1. The normalized spacial score (nSPS) is 18.2. The van der Waals surface area contributed by atoms with E-state index in [1.807, 2.05) is 17.8 Å². The Balaban J connectivity index is 0.000000384.